The molecular formula is C12H13N5O. The smallest absolute Gasteiger partial charge is 0.222 e. The molecule has 0 atom stereocenters. The molecule has 3 aromatic heterocycles. The lowest BCUT2D eigenvalue weighted by Crippen LogP contribution is -2.05. The fourth-order valence-corrected chi connectivity index (χ4v) is 1.92. The molecule has 0 aliphatic carbocycles. The van der Waals surface area contributed by atoms with E-state index in [-0.39, 0.29) is 12.0 Å². The second kappa shape index (κ2) is 3.83. The number of aromatic nitrogens is 4. The average molecular weight is 243 g/mol. The third-order valence-electron chi connectivity index (χ3n) is 2.71. The van der Waals surface area contributed by atoms with Gasteiger partial charge in [0.05, 0.1) is 17.8 Å². The Balaban J connectivity index is 2.33. The molecule has 0 aromatic carbocycles. The van der Waals surface area contributed by atoms with Crippen molar-refractivity contribution in [2.75, 3.05) is 5.73 Å². The topological polar surface area (TPSA) is 82.8 Å². The molecule has 18 heavy (non-hydrogen) atoms. The van der Waals surface area contributed by atoms with Gasteiger partial charge in [-0.2, -0.15) is 10.1 Å². The maximum Gasteiger partial charge on any atom is 0.222 e. The van der Waals surface area contributed by atoms with Gasteiger partial charge >= 0.3 is 0 Å². The number of anilines is 1. The quantitative estimate of drug-likeness (QED) is 0.746. The van der Waals surface area contributed by atoms with E-state index in [9.17, 15) is 0 Å². The maximum atomic E-state index is 5.75. The van der Waals surface area contributed by atoms with Crippen LogP contribution >= 0.6 is 0 Å². The van der Waals surface area contributed by atoms with E-state index >= 15 is 0 Å². The number of nitrogens with two attached hydrogens (primary N) is 1. The summed E-state index contributed by atoms with van der Waals surface area (Å²) < 4.78 is 7.19. The number of rotatable bonds is 2. The minimum absolute atomic E-state index is 0.209. The molecule has 0 aliphatic heterocycles. The van der Waals surface area contributed by atoms with Crippen LogP contribution in [0.5, 0.6) is 0 Å². The lowest BCUT2D eigenvalue weighted by Gasteiger charge is -2.07. The zero-order chi connectivity index (χ0) is 12.7. The highest BCUT2D eigenvalue weighted by Crippen LogP contribution is 2.27. The van der Waals surface area contributed by atoms with Crippen molar-refractivity contribution in [3.8, 4) is 11.5 Å². The highest BCUT2D eigenvalue weighted by molar-refractivity contribution is 5.89. The summed E-state index contributed by atoms with van der Waals surface area (Å²) in [5.41, 5.74) is 7.16. The van der Waals surface area contributed by atoms with Crippen LogP contribution < -0.4 is 5.73 Å². The predicted octanol–water partition coefficient (Wildman–Crippen LogP) is 2.25. The van der Waals surface area contributed by atoms with Crippen LogP contribution in [0.2, 0.25) is 0 Å². The van der Waals surface area contributed by atoms with Crippen LogP contribution in [0.25, 0.3) is 22.5 Å². The van der Waals surface area contributed by atoms with E-state index in [2.05, 4.69) is 15.1 Å². The van der Waals surface area contributed by atoms with Crippen molar-refractivity contribution in [2.24, 2.45) is 0 Å². The van der Waals surface area contributed by atoms with E-state index in [1.54, 1.807) is 12.5 Å². The van der Waals surface area contributed by atoms with Crippen molar-refractivity contribution in [1.82, 2.24) is 19.7 Å². The first-order valence-corrected chi connectivity index (χ1v) is 5.71. The monoisotopic (exact) mass is 243 g/mol. The lowest BCUT2D eigenvalue weighted by molar-refractivity contribution is 0.546. The van der Waals surface area contributed by atoms with Crippen molar-refractivity contribution < 1.29 is 4.42 Å². The molecule has 0 saturated heterocycles. The van der Waals surface area contributed by atoms with Gasteiger partial charge in [-0.25, -0.2) is 9.67 Å². The van der Waals surface area contributed by atoms with Crippen molar-refractivity contribution in [3.05, 3.63) is 24.6 Å². The maximum absolute atomic E-state index is 5.75. The van der Waals surface area contributed by atoms with E-state index in [4.69, 9.17) is 10.2 Å². The minimum Gasteiger partial charge on any atom is -0.463 e. The Kier molecular flexibility index (Phi) is 2.29. The Morgan fingerprint density at radius 2 is 2.17 bits per heavy atom. The molecule has 6 heteroatoms. The molecule has 92 valence electrons. The van der Waals surface area contributed by atoms with Gasteiger partial charge in [-0.15, -0.1) is 0 Å². The van der Waals surface area contributed by atoms with Gasteiger partial charge in [0.1, 0.15) is 5.69 Å². The van der Waals surface area contributed by atoms with Crippen molar-refractivity contribution in [1.29, 1.82) is 0 Å². The van der Waals surface area contributed by atoms with Gasteiger partial charge in [0.25, 0.3) is 0 Å². The van der Waals surface area contributed by atoms with Gasteiger partial charge in [-0.1, -0.05) is 0 Å². The number of nitrogens with zero attached hydrogens (tertiary/aromatic N) is 4. The largest absolute Gasteiger partial charge is 0.463 e. The fourth-order valence-electron chi connectivity index (χ4n) is 1.92. The summed E-state index contributed by atoms with van der Waals surface area (Å²) in [7, 11) is 0. The normalized spacial score (nSPS) is 11.5. The van der Waals surface area contributed by atoms with Crippen LogP contribution in [0.15, 0.2) is 29.0 Å². The highest BCUT2D eigenvalue weighted by atomic mass is 16.3. The third-order valence-corrected chi connectivity index (χ3v) is 2.71. The number of hydrogen-bond donors (Lipinski definition) is 1. The molecule has 0 amide bonds. The summed E-state index contributed by atoms with van der Waals surface area (Å²) in [6.07, 6.45) is 3.35. The minimum atomic E-state index is 0.209. The molecule has 6 nitrogen and oxygen atoms in total. The Morgan fingerprint density at radius 1 is 1.33 bits per heavy atom. The molecule has 3 rings (SSSR count). The summed E-state index contributed by atoms with van der Waals surface area (Å²) in [5, 5.41) is 5.16. The Labute approximate surface area is 103 Å². The van der Waals surface area contributed by atoms with Crippen LogP contribution in [0.4, 0.5) is 5.95 Å². The van der Waals surface area contributed by atoms with Crippen LogP contribution in [0, 0.1) is 0 Å². The van der Waals surface area contributed by atoms with Gasteiger partial charge < -0.3 is 10.2 Å². The summed E-state index contributed by atoms with van der Waals surface area (Å²) in [6.45, 7) is 4.08. The number of furan rings is 1. The molecular weight excluding hydrogens is 230 g/mol. The third kappa shape index (κ3) is 1.54. The predicted molar refractivity (Wildman–Crippen MR) is 67.8 cm³/mol. The SMILES string of the molecule is CC(C)n1ncc2c(-c3ccco3)nc(N)nc21. The molecule has 0 radical (unpaired) electrons. The van der Waals surface area contributed by atoms with E-state index < -0.39 is 0 Å². The van der Waals surface area contributed by atoms with Crippen LogP contribution in [0.3, 0.4) is 0 Å². The number of fused-ring (bicyclic) bond motifs is 1. The van der Waals surface area contributed by atoms with E-state index in [0.29, 0.717) is 11.5 Å². The van der Waals surface area contributed by atoms with E-state index in [1.165, 1.54) is 0 Å². The van der Waals surface area contributed by atoms with Crippen molar-refractivity contribution in [2.45, 2.75) is 19.9 Å². The number of hydrogen-bond acceptors (Lipinski definition) is 5. The van der Waals surface area contributed by atoms with E-state index in [1.807, 2.05) is 30.7 Å². The summed E-state index contributed by atoms with van der Waals surface area (Å²) in [4.78, 5) is 8.49. The molecule has 0 bridgehead atoms. The molecule has 0 spiro atoms. The Morgan fingerprint density at radius 3 is 2.83 bits per heavy atom. The van der Waals surface area contributed by atoms with E-state index in [0.717, 1.165) is 11.0 Å². The first kappa shape index (κ1) is 10.8. The first-order chi connectivity index (χ1) is 8.66. The van der Waals surface area contributed by atoms with Gasteiger partial charge in [0.15, 0.2) is 11.4 Å². The highest BCUT2D eigenvalue weighted by Gasteiger charge is 2.16. The Bertz CT molecular complexity index is 684. The zero-order valence-electron chi connectivity index (χ0n) is 10.2. The second-order valence-electron chi connectivity index (χ2n) is 4.33. The van der Waals surface area contributed by atoms with Crippen molar-refractivity contribution in [3.63, 3.8) is 0 Å². The molecule has 0 unspecified atom stereocenters. The molecule has 0 fully saturated rings. The fraction of sp³-hybridized carbons (Fsp3) is 0.250. The molecule has 0 aliphatic rings. The van der Waals surface area contributed by atoms with Crippen LogP contribution in [-0.4, -0.2) is 19.7 Å². The lowest BCUT2D eigenvalue weighted by atomic mass is 10.2. The van der Waals surface area contributed by atoms with Crippen LogP contribution in [0.1, 0.15) is 19.9 Å². The second-order valence-corrected chi connectivity index (χ2v) is 4.33. The average Bonchev–Trinajstić information content (AvgIpc) is 2.96. The molecule has 0 saturated carbocycles. The molecule has 3 aromatic rings. The van der Waals surface area contributed by atoms with Gasteiger partial charge in [0.2, 0.25) is 5.95 Å². The molecule has 2 N–H and O–H groups in total. The van der Waals surface area contributed by atoms with Gasteiger partial charge in [-0.3, -0.25) is 0 Å². The number of nitrogen functional groups attached to an aromatic ring is 1. The Hall–Kier alpha value is -2.37. The van der Waals surface area contributed by atoms with Gasteiger partial charge in [-0.05, 0) is 26.0 Å². The van der Waals surface area contributed by atoms with Gasteiger partial charge in [0, 0.05) is 6.04 Å². The first-order valence-electron chi connectivity index (χ1n) is 5.71. The standard InChI is InChI=1S/C12H13N5O/c1-7(2)17-11-8(6-14-17)10(15-12(13)16-11)9-4-3-5-18-9/h3-7H,1-2H3,(H2,13,15,16). The zero-order valence-corrected chi connectivity index (χ0v) is 10.2. The summed E-state index contributed by atoms with van der Waals surface area (Å²) in [5.74, 6) is 0.883. The summed E-state index contributed by atoms with van der Waals surface area (Å²) >= 11 is 0. The summed E-state index contributed by atoms with van der Waals surface area (Å²) in [6, 6.07) is 3.86. The van der Waals surface area contributed by atoms with Crippen molar-refractivity contribution >= 4 is 17.0 Å². The molecule has 3 heterocycles. The van der Waals surface area contributed by atoms with Crippen LogP contribution in [-0.2, 0) is 0 Å².